The number of Topliss-reactive ketones (excluding diaryl/α,β-unsaturated/α-hetero) is 1. The van der Waals surface area contributed by atoms with Gasteiger partial charge in [-0.05, 0) is 175 Å². The van der Waals surface area contributed by atoms with Crippen molar-refractivity contribution >= 4 is 62.2 Å². The second kappa shape index (κ2) is 34.1. The van der Waals surface area contributed by atoms with Gasteiger partial charge in [-0.2, -0.15) is 15.3 Å². The number of ether oxygens (including phenoxy) is 4. The zero-order chi connectivity index (χ0) is 77.3. The number of nitrogens with zero attached hydrogens (tertiary/aromatic N) is 12. The average Bonchev–Trinajstić information content (AvgIpc) is 1.73. The predicted octanol–water partition coefficient (Wildman–Crippen LogP) is 10.1. The van der Waals surface area contributed by atoms with E-state index < -0.39 is 11.9 Å². The lowest BCUT2D eigenvalue weighted by Gasteiger charge is -2.41. The molecule has 4 fully saturated rings. The van der Waals surface area contributed by atoms with E-state index in [0.717, 1.165) is 155 Å². The van der Waals surface area contributed by atoms with Gasteiger partial charge in [0.25, 0.3) is 22.6 Å². The maximum atomic E-state index is 13.1. The van der Waals surface area contributed by atoms with Crippen molar-refractivity contribution in [2.24, 2.45) is 37.9 Å². The number of amides is 3. The first-order valence-electron chi connectivity index (χ1n) is 37.9. The van der Waals surface area contributed by atoms with E-state index >= 15 is 0 Å². The normalized spacial score (nSPS) is 15.8. The Bertz CT molecular complexity index is 5120. The van der Waals surface area contributed by atoms with Crippen LogP contribution in [-0.2, 0) is 51.8 Å². The summed E-state index contributed by atoms with van der Waals surface area (Å²) in [5.41, 5.74) is 14.1. The molecule has 0 radical (unpaired) electrons. The first-order chi connectivity index (χ1) is 52.7. The minimum atomic E-state index is -0.581. The number of anilines is 2. The van der Waals surface area contributed by atoms with Gasteiger partial charge in [-0.3, -0.25) is 48.4 Å². The first kappa shape index (κ1) is 77.6. The lowest BCUT2D eigenvalue weighted by atomic mass is 9.76. The van der Waals surface area contributed by atoms with Crippen LogP contribution in [0.4, 0.5) is 16.2 Å². The minimum Gasteiger partial charge on any atom is -0.493 e. The molecule has 1 saturated carbocycles. The van der Waals surface area contributed by atoms with Crippen molar-refractivity contribution in [3.8, 4) is 57.2 Å². The Hall–Kier alpha value is -11.0. The molecule has 1 unspecified atom stereocenters. The van der Waals surface area contributed by atoms with Crippen molar-refractivity contribution < 1.29 is 48.9 Å². The van der Waals surface area contributed by atoms with Gasteiger partial charge in [-0.1, -0.05) is 52.2 Å². The predicted molar refractivity (Wildman–Crippen MR) is 413 cm³/mol. The summed E-state index contributed by atoms with van der Waals surface area (Å²) in [5.74, 6) is 3.25. The van der Waals surface area contributed by atoms with Crippen LogP contribution in [0.1, 0.15) is 145 Å². The second-order valence-electron chi connectivity index (χ2n) is 28.7. The van der Waals surface area contributed by atoms with Gasteiger partial charge in [-0.15, -0.1) is 0 Å². The smallest absolute Gasteiger partial charge is 0.341 e. The lowest BCUT2D eigenvalue weighted by Crippen LogP contribution is -2.47. The number of aromatic nitrogens is 12. The number of aliphatic hydroxyl groups excluding tert-OH is 1. The molecule has 6 aromatic heterocycles. The van der Waals surface area contributed by atoms with Crippen molar-refractivity contribution in [3.05, 3.63) is 138 Å². The third-order valence-electron chi connectivity index (χ3n) is 21.5. The molecule has 578 valence electrons. The van der Waals surface area contributed by atoms with E-state index in [1.807, 2.05) is 32.9 Å². The fraction of sp³-hybridized carbons (Fsp3) is 0.468. The van der Waals surface area contributed by atoms with Crippen molar-refractivity contribution in [3.63, 3.8) is 0 Å². The van der Waals surface area contributed by atoms with Crippen LogP contribution >= 0.6 is 0 Å². The zero-order valence-corrected chi connectivity index (χ0v) is 63.6. The Kier molecular flexibility index (Phi) is 24.3. The summed E-state index contributed by atoms with van der Waals surface area (Å²) in [5, 5.41) is 40.5. The molecule has 109 heavy (non-hydrogen) atoms. The number of fused-ring (bicyclic) bond motifs is 3. The van der Waals surface area contributed by atoms with Gasteiger partial charge in [0.2, 0.25) is 0 Å². The van der Waals surface area contributed by atoms with Gasteiger partial charge in [0, 0.05) is 83.3 Å². The molecular formula is C79H99N17O13. The number of nitrogens with one attached hydrogen (secondary N) is 5. The first-order valence-corrected chi connectivity index (χ1v) is 37.9. The minimum absolute atomic E-state index is 0.00960. The Morgan fingerprint density at radius 1 is 0.523 bits per heavy atom. The molecule has 2 spiro atoms. The Morgan fingerprint density at radius 2 is 0.954 bits per heavy atom. The number of aryl methyl sites for hydroxylation is 6. The van der Waals surface area contributed by atoms with Crippen molar-refractivity contribution in [2.45, 2.75) is 138 Å². The third kappa shape index (κ3) is 16.7. The van der Waals surface area contributed by atoms with Gasteiger partial charge in [0.15, 0.2) is 22.3 Å². The topological polar surface area (TPSA) is 373 Å². The number of hydrogen-bond donors (Lipinski definition) is 8. The number of carbonyl (C=O) groups excluding carboxylic acids is 3. The maximum absolute atomic E-state index is 13.1. The Balaban J connectivity index is 0.000000153. The largest absolute Gasteiger partial charge is 0.493 e. The number of carbonyl (C=O) groups is 3. The second-order valence-corrected chi connectivity index (χ2v) is 28.7. The molecule has 30 nitrogen and oxygen atoms in total. The highest BCUT2D eigenvalue weighted by molar-refractivity contribution is 5.93. The highest BCUT2D eigenvalue weighted by Gasteiger charge is 2.44. The number of piperidine rings is 2. The number of rotatable bonds is 23. The van der Waals surface area contributed by atoms with E-state index in [-0.39, 0.29) is 52.4 Å². The zero-order valence-electron chi connectivity index (χ0n) is 63.6. The van der Waals surface area contributed by atoms with E-state index in [0.29, 0.717) is 124 Å². The highest BCUT2D eigenvalue weighted by Crippen LogP contribution is 2.50. The van der Waals surface area contributed by atoms with Gasteiger partial charge >= 0.3 is 6.03 Å². The number of ketones is 1. The maximum Gasteiger partial charge on any atom is 0.341 e. The molecule has 1 atom stereocenters. The molecule has 10 aromatic rings. The Labute approximate surface area is 630 Å². The molecule has 4 aliphatic rings. The quantitative estimate of drug-likeness (QED) is 0.0218. The van der Waals surface area contributed by atoms with E-state index in [2.05, 4.69) is 85.1 Å². The molecule has 4 aromatic carbocycles. The van der Waals surface area contributed by atoms with Gasteiger partial charge in [0.1, 0.15) is 70.2 Å². The fourth-order valence-electron chi connectivity index (χ4n) is 15.9. The van der Waals surface area contributed by atoms with Crippen LogP contribution in [0.2, 0.25) is 0 Å². The summed E-state index contributed by atoms with van der Waals surface area (Å²) in [6.07, 6.45) is 12.7. The van der Waals surface area contributed by atoms with Crippen molar-refractivity contribution in [1.82, 2.24) is 75.1 Å². The molecular weight excluding hydrogens is 1390 g/mol. The van der Waals surface area contributed by atoms with Gasteiger partial charge in [0.05, 0.1) is 53.6 Å². The molecule has 1 aliphatic carbocycles. The summed E-state index contributed by atoms with van der Waals surface area (Å²) in [4.78, 5) is 104. The number of urea groups is 1. The number of hydroxylamine groups is 2. The number of aliphatic hydroxyl groups is 1. The molecule has 3 aliphatic heterocycles. The monoisotopic (exact) mass is 1490 g/mol. The summed E-state index contributed by atoms with van der Waals surface area (Å²) < 4.78 is 28.4. The van der Waals surface area contributed by atoms with E-state index in [1.165, 1.54) is 0 Å². The third-order valence-corrected chi connectivity index (χ3v) is 21.5. The van der Waals surface area contributed by atoms with Gasteiger partial charge in [-0.25, -0.2) is 30.7 Å². The summed E-state index contributed by atoms with van der Waals surface area (Å²) in [6, 6.07) is 23.7. The molecule has 14 rings (SSSR count). The van der Waals surface area contributed by atoms with Crippen molar-refractivity contribution in [1.29, 1.82) is 0 Å². The number of hydrogen-bond acceptors (Lipinski definition) is 21. The summed E-state index contributed by atoms with van der Waals surface area (Å²) in [6.45, 7) is 18.2. The van der Waals surface area contributed by atoms with Crippen LogP contribution < -0.4 is 56.4 Å². The van der Waals surface area contributed by atoms with Crippen LogP contribution in [0.25, 0.3) is 67.3 Å². The molecule has 8 N–H and O–H groups in total. The molecule has 0 bridgehead atoms. The highest BCUT2D eigenvalue weighted by atomic mass is 16.5. The van der Waals surface area contributed by atoms with Crippen LogP contribution in [0, 0.1) is 16.7 Å². The fourth-order valence-corrected chi connectivity index (χ4v) is 15.9. The number of benzene rings is 4. The van der Waals surface area contributed by atoms with Crippen LogP contribution in [-0.4, -0.2) is 163 Å². The lowest BCUT2D eigenvalue weighted by molar-refractivity contribution is -0.125. The van der Waals surface area contributed by atoms with Crippen LogP contribution in [0.3, 0.4) is 0 Å². The molecule has 30 heteroatoms. The molecule has 3 saturated heterocycles. The van der Waals surface area contributed by atoms with E-state index in [9.17, 15) is 33.9 Å². The van der Waals surface area contributed by atoms with E-state index in [1.54, 1.807) is 93.5 Å². The average molecular weight is 1490 g/mol. The van der Waals surface area contributed by atoms with Gasteiger partial charge < -0.3 is 53.7 Å². The molecule has 9 heterocycles. The van der Waals surface area contributed by atoms with E-state index in [4.69, 9.17) is 44.3 Å². The number of H-pyrrole nitrogens is 3. The molecule has 3 amide bonds. The standard InChI is InChI=1S/C28H37N5O4.C26H35N7O4.C25H27N5O5/c1-4-6-21-24-25(32(3)31-21)27(36)30-26(29-24)20-15-19(7-8-23(20)37-5-2)33-13-11-28(12-14-33)10-9-18(16-28)22(35)17-34;1-4-6-19-21-22(31(3)29-19)24(34)28-23(27-21)18-15-17(7-8-20(18)37-5-2)33-14-11-26(16-33)9-12-32(13-10-26)25(35)30-36;1-4-6-19-21-22(30(3)28-19)25(32)27-23(26-21)18-13-17(11-12-20(18)34-5-2)35-14-15-7-9-16(10-8-15)24(31)29-33/h7-8,15,18,34H,4-6,9-14,16-17H2,1-3H3,(H,29,30,36);7-8,15,36H,4-6,9-14,16H2,1-3H3,(H,30,35)(H,27,28,34);7-13,33H,4-6,14H2,1-3H3,(H,29,31)(H,26,27,32). The SMILES string of the molecule is CCCc1nn(C)c2c(=O)[nH]c(-c3cc(N4CCC5(CCC(C(=O)CO)C5)CC4)ccc3OCC)nc12.CCCc1nn(C)c2c(=O)[nH]c(-c3cc(N4CCC5(CCN(C(=O)NO)CC5)C4)ccc3OCC)nc12.CCCc1nn(C)c2c(=O)[nH]c(-c3cc(OCc4ccc(C(=O)NO)cc4)ccc3OCC)nc12. The van der Waals surface area contributed by atoms with Crippen molar-refractivity contribution in [2.75, 3.05) is 75.5 Å². The Morgan fingerprint density at radius 3 is 1.39 bits per heavy atom. The number of likely N-dealkylation sites (tertiary alicyclic amines) is 1. The summed E-state index contributed by atoms with van der Waals surface area (Å²) >= 11 is 0. The summed E-state index contributed by atoms with van der Waals surface area (Å²) in [7, 11) is 5.29. The number of aromatic amines is 3. The van der Waals surface area contributed by atoms with Crippen LogP contribution in [0.15, 0.2) is 93.2 Å². The van der Waals surface area contributed by atoms with Crippen LogP contribution in [0.5, 0.6) is 23.0 Å².